The minimum atomic E-state index is -3.59. The standard InChI is InChI=1S/C17H24N2O4S/c1-16(2)9-17(11-23-3)10-19(8-14(16)17)24(21,22)13-6-4-12(5-7-13)15(18)20/h4-7,14H,8-11H2,1-3H3,(H2,18,20)/t14-,17-/m1/s1. The van der Waals surface area contributed by atoms with Crippen molar-refractivity contribution in [3.8, 4) is 0 Å². The van der Waals surface area contributed by atoms with Gasteiger partial charge in [0.1, 0.15) is 0 Å². The Balaban J connectivity index is 1.87. The van der Waals surface area contributed by atoms with E-state index in [1.807, 2.05) is 0 Å². The van der Waals surface area contributed by atoms with Gasteiger partial charge in [0.05, 0.1) is 11.5 Å². The lowest BCUT2D eigenvalue weighted by molar-refractivity contribution is -0.106. The molecule has 1 aromatic rings. The van der Waals surface area contributed by atoms with Crippen LogP contribution in [0.3, 0.4) is 0 Å². The Labute approximate surface area is 143 Å². The second-order valence-corrected chi connectivity index (χ2v) is 9.64. The third kappa shape index (κ3) is 2.55. The Hall–Kier alpha value is -1.44. The van der Waals surface area contributed by atoms with Gasteiger partial charge in [-0.3, -0.25) is 4.79 Å². The molecular formula is C17H24N2O4S. The largest absolute Gasteiger partial charge is 0.384 e. The van der Waals surface area contributed by atoms with Gasteiger partial charge in [-0.15, -0.1) is 0 Å². The van der Waals surface area contributed by atoms with E-state index < -0.39 is 15.9 Å². The zero-order valence-electron chi connectivity index (χ0n) is 14.3. The van der Waals surface area contributed by atoms with E-state index in [1.165, 1.54) is 24.3 Å². The van der Waals surface area contributed by atoms with Gasteiger partial charge in [-0.1, -0.05) is 13.8 Å². The van der Waals surface area contributed by atoms with Crippen LogP contribution < -0.4 is 5.73 Å². The van der Waals surface area contributed by atoms with Crippen molar-refractivity contribution in [3.05, 3.63) is 29.8 Å². The van der Waals surface area contributed by atoms with E-state index in [4.69, 9.17) is 10.5 Å². The summed E-state index contributed by atoms with van der Waals surface area (Å²) in [5.41, 5.74) is 5.54. The summed E-state index contributed by atoms with van der Waals surface area (Å²) in [7, 11) is -1.92. The fourth-order valence-corrected chi connectivity index (χ4v) is 6.24. The zero-order chi connectivity index (χ0) is 17.8. The molecule has 1 aliphatic heterocycles. The van der Waals surface area contributed by atoms with E-state index in [2.05, 4.69) is 13.8 Å². The maximum absolute atomic E-state index is 13.0. The molecule has 7 heteroatoms. The molecule has 0 aromatic heterocycles. The third-order valence-corrected chi connectivity index (χ3v) is 7.40. The van der Waals surface area contributed by atoms with E-state index >= 15 is 0 Å². The van der Waals surface area contributed by atoms with E-state index in [9.17, 15) is 13.2 Å². The number of fused-ring (bicyclic) bond motifs is 1. The van der Waals surface area contributed by atoms with Crippen molar-refractivity contribution in [1.29, 1.82) is 0 Å². The van der Waals surface area contributed by atoms with Crippen LogP contribution in [0.15, 0.2) is 29.2 Å². The highest BCUT2D eigenvalue weighted by atomic mass is 32.2. The Morgan fingerprint density at radius 1 is 1.33 bits per heavy atom. The zero-order valence-corrected chi connectivity index (χ0v) is 15.1. The molecular weight excluding hydrogens is 328 g/mol. The summed E-state index contributed by atoms with van der Waals surface area (Å²) < 4.78 is 32.9. The van der Waals surface area contributed by atoms with Gasteiger partial charge in [-0.25, -0.2) is 8.42 Å². The van der Waals surface area contributed by atoms with Crippen LogP contribution >= 0.6 is 0 Å². The highest BCUT2D eigenvalue weighted by molar-refractivity contribution is 7.89. The summed E-state index contributed by atoms with van der Waals surface area (Å²) in [6.07, 6.45) is 0.963. The van der Waals surface area contributed by atoms with Crippen LogP contribution in [0, 0.1) is 16.7 Å². The predicted octanol–water partition coefficient (Wildman–Crippen LogP) is 1.47. The Morgan fingerprint density at radius 3 is 2.46 bits per heavy atom. The fourth-order valence-electron chi connectivity index (χ4n) is 4.69. The monoisotopic (exact) mass is 352 g/mol. The first kappa shape index (κ1) is 17.4. The number of amides is 1. The topological polar surface area (TPSA) is 89.7 Å². The maximum Gasteiger partial charge on any atom is 0.248 e. The molecule has 0 bridgehead atoms. The lowest BCUT2D eigenvalue weighted by atomic mass is 9.48. The average Bonchev–Trinajstić information content (AvgIpc) is 2.83. The number of carbonyl (C=O) groups is 1. The molecule has 1 amide bonds. The smallest absolute Gasteiger partial charge is 0.248 e. The number of sulfonamides is 1. The normalized spacial score (nSPS) is 29.0. The number of ether oxygens (including phenoxy) is 1. The van der Waals surface area contributed by atoms with Gasteiger partial charge in [0, 0.05) is 31.2 Å². The second-order valence-electron chi connectivity index (χ2n) is 7.70. The van der Waals surface area contributed by atoms with Gasteiger partial charge in [0.25, 0.3) is 0 Å². The molecule has 1 aromatic carbocycles. The lowest BCUT2D eigenvalue weighted by Gasteiger charge is -2.56. The minimum absolute atomic E-state index is 0.0848. The number of benzene rings is 1. The first-order chi connectivity index (χ1) is 11.1. The van der Waals surface area contributed by atoms with Crippen LogP contribution in [0.4, 0.5) is 0 Å². The summed E-state index contributed by atoms with van der Waals surface area (Å²) in [6.45, 7) is 5.94. The van der Waals surface area contributed by atoms with Gasteiger partial charge in [-0.05, 0) is 42.0 Å². The van der Waals surface area contributed by atoms with E-state index in [0.717, 1.165) is 6.42 Å². The molecule has 24 heavy (non-hydrogen) atoms. The molecule has 3 rings (SSSR count). The van der Waals surface area contributed by atoms with Crippen LogP contribution in [0.1, 0.15) is 30.6 Å². The molecule has 1 saturated heterocycles. The van der Waals surface area contributed by atoms with Crippen molar-refractivity contribution >= 4 is 15.9 Å². The molecule has 0 radical (unpaired) electrons. The highest BCUT2D eigenvalue weighted by Gasteiger charge is 2.64. The van der Waals surface area contributed by atoms with Crippen LogP contribution in [-0.2, 0) is 14.8 Å². The van der Waals surface area contributed by atoms with Crippen molar-refractivity contribution in [3.63, 3.8) is 0 Å². The van der Waals surface area contributed by atoms with E-state index in [-0.39, 0.29) is 15.7 Å². The SMILES string of the molecule is COC[C@@]12CN(S(=O)(=O)c3ccc(C(N)=O)cc3)C[C@@H]1C(C)(C)C2. The Kier molecular flexibility index (Phi) is 4.01. The van der Waals surface area contributed by atoms with Crippen LogP contribution in [0.2, 0.25) is 0 Å². The van der Waals surface area contributed by atoms with Crippen molar-refractivity contribution in [1.82, 2.24) is 4.31 Å². The predicted molar refractivity (Wildman–Crippen MR) is 89.9 cm³/mol. The summed E-state index contributed by atoms with van der Waals surface area (Å²) in [5, 5.41) is 0. The number of rotatable bonds is 5. The van der Waals surface area contributed by atoms with E-state index in [1.54, 1.807) is 11.4 Å². The summed E-state index contributed by atoms with van der Waals surface area (Å²) >= 11 is 0. The molecule has 132 valence electrons. The number of nitrogens with two attached hydrogens (primary N) is 1. The number of methoxy groups -OCH3 is 1. The average molecular weight is 352 g/mol. The maximum atomic E-state index is 13.0. The van der Waals surface area contributed by atoms with Crippen LogP contribution in [0.5, 0.6) is 0 Å². The van der Waals surface area contributed by atoms with Crippen LogP contribution in [-0.4, -0.2) is 45.4 Å². The molecule has 2 N–H and O–H groups in total. The van der Waals surface area contributed by atoms with Gasteiger partial charge < -0.3 is 10.5 Å². The summed E-state index contributed by atoms with van der Waals surface area (Å²) in [6, 6.07) is 5.80. The number of carbonyl (C=O) groups excluding carboxylic acids is 1. The Morgan fingerprint density at radius 2 is 1.96 bits per heavy atom. The molecule has 1 aliphatic carbocycles. The molecule has 1 heterocycles. The molecule has 0 spiro atoms. The molecule has 1 saturated carbocycles. The number of primary amides is 1. The third-order valence-electron chi connectivity index (χ3n) is 5.58. The molecule has 2 atom stereocenters. The van der Waals surface area contributed by atoms with Gasteiger partial charge in [-0.2, -0.15) is 4.31 Å². The van der Waals surface area contributed by atoms with Crippen molar-refractivity contribution < 1.29 is 17.9 Å². The van der Waals surface area contributed by atoms with Gasteiger partial charge >= 0.3 is 0 Å². The quantitative estimate of drug-likeness (QED) is 0.869. The van der Waals surface area contributed by atoms with Crippen molar-refractivity contribution in [2.75, 3.05) is 26.8 Å². The Bertz CT molecular complexity index is 757. The molecule has 6 nitrogen and oxygen atoms in total. The van der Waals surface area contributed by atoms with Crippen LogP contribution in [0.25, 0.3) is 0 Å². The van der Waals surface area contributed by atoms with Crippen molar-refractivity contribution in [2.24, 2.45) is 22.5 Å². The highest BCUT2D eigenvalue weighted by Crippen LogP contribution is 2.63. The van der Waals surface area contributed by atoms with Gasteiger partial charge in [0.15, 0.2) is 0 Å². The van der Waals surface area contributed by atoms with Crippen molar-refractivity contribution in [2.45, 2.75) is 25.2 Å². The second kappa shape index (κ2) is 5.54. The molecule has 2 fully saturated rings. The summed E-state index contributed by atoms with van der Waals surface area (Å²) in [4.78, 5) is 11.3. The van der Waals surface area contributed by atoms with E-state index in [0.29, 0.717) is 31.2 Å². The first-order valence-electron chi connectivity index (χ1n) is 8.01. The lowest BCUT2D eigenvalue weighted by Crippen LogP contribution is -2.55. The summed E-state index contributed by atoms with van der Waals surface area (Å²) in [5.74, 6) is -0.274. The molecule has 0 unspecified atom stereocenters. The van der Waals surface area contributed by atoms with Gasteiger partial charge in [0.2, 0.25) is 15.9 Å². The first-order valence-corrected chi connectivity index (χ1v) is 9.45. The number of nitrogens with zero attached hydrogens (tertiary/aromatic N) is 1. The number of hydrogen-bond acceptors (Lipinski definition) is 4. The minimum Gasteiger partial charge on any atom is -0.384 e. The molecule has 2 aliphatic rings. The fraction of sp³-hybridized carbons (Fsp3) is 0.588. The number of hydrogen-bond donors (Lipinski definition) is 1.